The van der Waals surface area contributed by atoms with Crippen LogP contribution in [0, 0.1) is 19.7 Å². The lowest BCUT2D eigenvalue weighted by atomic mass is 10.2. The number of amides is 1. The highest BCUT2D eigenvalue weighted by atomic mass is 32.2. The second-order valence-corrected chi connectivity index (χ2v) is 6.93. The van der Waals surface area contributed by atoms with Gasteiger partial charge in [-0.1, -0.05) is 17.3 Å². The van der Waals surface area contributed by atoms with Crippen LogP contribution in [0.25, 0.3) is 0 Å². The summed E-state index contributed by atoms with van der Waals surface area (Å²) in [6.07, 6.45) is 0. The summed E-state index contributed by atoms with van der Waals surface area (Å²) < 4.78 is 42.4. The number of aryl methyl sites for hydroxylation is 2. The van der Waals surface area contributed by atoms with Crippen LogP contribution in [0.1, 0.15) is 17.0 Å². The molecule has 2 rings (SSSR count). The number of nitrogens with zero attached hydrogens (tertiary/aromatic N) is 1. The maximum atomic E-state index is 13.4. The van der Waals surface area contributed by atoms with Crippen molar-refractivity contribution in [1.82, 2.24) is 5.16 Å². The average Bonchev–Trinajstić information content (AvgIpc) is 2.72. The van der Waals surface area contributed by atoms with E-state index in [1.165, 1.54) is 24.3 Å². The lowest BCUT2D eigenvalue weighted by Gasteiger charge is -2.07. The molecule has 118 valence electrons. The van der Waals surface area contributed by atoms with Gasteiger partial charge in [-0.25, -0.2) is 12.8 Å². The Bertz CT molecular complexity index is 779. The smallest absolute Gasteiger partial charge is 0.239 e. The maximum Gasteiger partial charge on any atom is 0.239 e. The summed E-state index contributed by atoms with van der Waals surface area (Å²) in [6.45, 7) is 3.23. The van der Waals surface area contributed by atoms with E-state index in [1.54, 1.807) is 13.8 Å². The van der Waals surface area contributed by atoms with Crippen molar-refractivity contribution in [2.24, 2.45) is 0 Å². The molecular weight excluding hydrogens is 311 g/mol. The fourth-order valence-electron chi connectivity index (χ4n) is 1.93. The third kappa shape index (κ3) is 3.91. The molecule has 1 aromatic carbocycles. The second kappa shape index (κ2) is 6.27. The fourth-order valence-corrected chi connectivity index (χ4v) is 3.35. The number of sulfone groups is 1. The van der Waals surface area contributed by atoms with E-state index in [4.69, 9.17) is 4.52 Å². The van der Waals surface area contributed by atoms with E-state index in [-0.39, 0.29) is 11.4 Å². The minimum absolute atomic E-state index is 0.0555. The molecule has 8 heteroatoms. The van der Waals surface area contributed by atoms with Crippen molar-refractivity contribution in [2.75, 3.05) is 11.1 Å². The van der Waals surface area contributed by atoms with Crippen LogP contribution in [0.3, 0.4) is 0 Å². The summed E-state index contributed by atoms with van der Waals surface area (Å²) in [5.74, 6) is -2.11. The van der Waals surface area contributed by atoms with Gasteiger partial charge in [0.1, 0.15) is 17.3 Å². The van der Waals surface area contributed by atoms with Crippen LogP contribution in [-0.4, -0.2) is 25.2 Å². The zero-order valence-corrected chi connectivity index (χ0v) is 12.9. The molecule has 0 radical (unpaired) electrons. The Morgan fingerprint density at radius 2 is 2.00 bits per heavy atom. The van der Waals surface area contributed by atoms with Gasteiger partial charge in [0.25, 0.3) is 0 Å². The predicted molar refractivity (Wildman–Crippen MR) is 78.5 cm³/mol. The van der Waals surface area contributed by atoms with Gasteiger partial charge >= 0.3 is 0 Å². The van der Waals surface area contributed by atoms with Crippen molar-refractivity contribution >= 4 is 21.4 Å². The molecule has 22 heavy (non-hydrogen) atoms. The van der Waals surface area contributed by atoms with Crippen molar-refractivity contribution < 1.29 is 22.1 Å². The first-order valence-corrected chi connectivity index (χ1v) is 8.27. The molecule has 6 nitrogen and oxygen atoms in total. The molecule has 1 N–H and O–H groups in total. The van der Waals surface area contributed by atoms with Gasteiger partial charge in [0.05, 0.1) is 17.1 Å². The molecule has 0 saturated heterocycles. The third-order valence-corrected chi connectivity index (χ3v) is 4.47. The summed E-state index contributed by atoms with van der Waals surface area (Å²) in [7, 11) is -3.72. The summed E-state index contributed by atoms with van der Waals surface area (Å²) >= 11 is 0. The number of halogens is 1. The third-order valence-electron chi connectivity index (χ3n) is 3.04. The van der Waals surface area contributed by atoms with Crippen molar-refractivity contribution in [3.63, 3.8) is 0 Å². The van der Waals surface area contributed by atoms with Gasteiger partial charge in [-0.05, 0) is 26.0 Å². The van der Waals surface area contributed by atoms with Gasteiger partial charge < -0.3 is 9.84 Å². The molecule has 0 fully saturated rings. The molecule has 0 atom stereocenters. The van der Waals surface area contributed by atoms with Crippen LogP contribution in [0.15, 0.2) is 28.8 Å². The fraction of sp³-hybridized carbons (Fsp3) is 0.286. The van der Waals surface area contributed by atoms with Gasteiger partial charge in [-0.2, -0.15) is 0 Å². The Balaban J connectivity index is 2.06. The van der Waals surface area contributed by atoms with E-state index >= 15 is 0 Å². The topological polar surface area (TPSA) is 89.3 Å². The Morgan fingerprint density at radius 1 is 1.32 bits per heavy atom. The first-order chi connectivity index (χ1) is 10.3. The minimum Gasteiger partial charge on any atom is -0.361 e. The largest absolute Gasteiger partial charge is 0.361 e. The lowest BCUT2D eigenvalue weighted by Crippen LogP contribution is -2.24. The molecule has 0 aliphatic heterocycles. The van der Waals surface area contributed by atoms with E-state index < -0.39 is 27.3 Å². The monoisotopic (exact) mass is 326 g/mol. The average molecular weight is 326 g/mol. The van der Waals surface area contributed by atoms with Crippen LogP contribution >= 0.6 is 0 Å². The highest BCUT2D eigenvalue weighted by Crippen LogP contribution is 2.17. The summed E-state index contributed by atoms with van der Waals surface area (Å²) in [4.78, 5) is 11.8. The molecule has 0 bridgehead atoms. The maximum absolute atomic E-state index is 13.4. The quantitative estimate of drug-likeness (QED) is 0.907. The van der Waals surface area contributed by atoms with Crippen molar-refractivity contribution in [2.45, 2.75) is 19.6 Å². The molecule has 1 aromatic heterocycles. The SMILES string of the molecule is Cc1noc(C)c1CS(=O)(=O)CC(=O)Nc1ccccc1F. The van der Waals surface area contributed by atoms with Crippen LogP contribution < -0.4 is 5.32 Å². The Labute approximate surface area is 127 Å². The number of carbonyl (C=O) groups is 1. The minimum atomic E-state index is -3.72. The molecule has 0 aliphatic rings. The summed E-state index contributed by atoms with van der Waals surface area (Å²) in [5, 5.41) is 5.91. The molecule has 0 aliphatic carbocycles. The second-order valence-electron chi connectivity index (χ2n) is 4.86. The molecule has 0 unspecified atom stereocenters. The van der Waals surface area contributed by atoms with Crippen LogP contribution in [0.5, 0.6) is 0 Å². The number of benzene rings is 1. The van der Waals surface area contributed by atoms with Gasteiger partial charge in [0.2, 0.25) is 5.91 Å². The van der Waals surface area contributed by atoms with E-state index in [0.29, 0.717) is 17.0 Å². The number of aromatic nitrogens is 1. The van der Waals surface area contributed by atoms with E-state index in [1.807, 2.05) is 0 Å². The molecule has 2 aromatic rings. The number of hydrogen-bond acceptors (Lipinski definition) is 5. The van der Waals surface area contributed by atoms with E-state index in [9.17, 15) is 17.6 Å². The normalized spacial score (nSPS) is 11.4. The Hall–Kier alpha value is -2.22. The van der Waals surface area contributed by atoms with Crippen LogP contribution in [-0.2, 0) is 20.4 Å². The van der Waals surface area contributed by atoms with Gasteiger partial charge in [-0.3, -0.25) is 4.79 Å². The molecule has 0 saturated carbocycles. The van der Waals surface area contributed by atoms with Gasteiger partial charge in [0.15, 0.2) is 9.84 Å². The zero-order chi connectivity index (χ0) is 16.3. The van der Waals surface area contributed by atoms with Crippen LogP contribution in [0.2, 0.25) is 0 Å². The standard InChI is InChI=1S/C14H15FN2O4S/c1-9-11(10(2)21-17-9)7-22(19,20)8-14(18)16-13-6-4-3-5-12(13)15/h3-6H,7-8H2,1-2H3,(H,16,18). The van der Waals surface area contributed by atoms with Gasteiger partial charge in [-0.15, -0.1) is 0 Å². The Morgan fingerprint density at radius 3 is 2.59 bits per heavy atom. The summed E-state index contributed by atoms with van der Waals surface area (Å²) in [5.41, 5.74) is 0.856. The lowest BCUT2D eigenvalue weighted by molar-refractivity contribution is -0.113. The molecule has 1 heterocycles. The number of nitrogens with one attached hydrogen (secondary N) is 1. The van der Waals surface area contributed by atoms with Gasteiger partial charge in [0, 0.05) is 5.56 Å². The number of rotatable bonds is 5. The molecular formula is C14H15FN2O4S. The zero-order valence-electron chi connectivity index (χ0n) is 12.1. The predicted octanol–water partition coefficient (Wildman–Crippen LogP) is 1.98. The Kier molecular flexibility index (Phi) is 4.60. The molecule has 1 amide bonds. The summed E-state index contributed by atoms with van der Waals surface area (Å²) in [6, 6.07) is 5.54. The van der Waals surface area contributed by atoms with E-state index in [0.717, 1.165) is 0 Å². The number of carbonyl (C=O) groups excluding carboxylic acids is 1. The van der Waals surface area contributed by atoms with Crippen molar-refractivity contribution in [3.05, 3.63) is 47.1 Å². The van der Waals surface area contributed by atoms with Crippen LogP contribution in [0.4, 0.5) is 10.1 Å². The highest BCUT2D eigenvalue weighted by molar-refractivity contribution is 7.91. The van der Waals surface area contributed by atoms with E-state index in [2.05, 4.69) is 10.5 Å². The molecule has 0 spiro atoms. The first-order valence-electron chi connectivity index (χ1n) is 6.45. The number of hydrogen-bond donors (Lipinski definition) is 1. The highest BCUT2D eigenvalue weighted by Gasteiger charge is 2.22. The number of para-hydroxylation sites is 1. The van der Waals surface area contributed by atoms with Crippen molar-refractivity contribution in [1.29, 1.82) is 0 Å². The van der Waals surface area contributed by atoms with Crippen molar-refractivity contribution in [3.8, 4) is 0 Å². The first kappa shape index (κ1) is 16.2. The number of anilines is 1.